The van der Waals surface area contributed by atoms with Crippen molar-refractivity contribution >= 4 is 29.1 Å². The number of piperazine rings is 1. The molecule has 15 heteroatoms. The summed E-state index contributed by atoms with van der Waals surface area (Å²) < 4.78 is 40.0. The van der Waals surface area contributed by atoms with Crippen molar-refractivity contribution in [2.75, 3.05) is 62.7 Å². The van der Waals surface area contributed by atoms with E-state index in [0.717, 1.165) is 50.8 Å². The van der Waals surface area contributed by atoms with Gasteiger partial charge < -0.3 is 29.9 Å². The van der Waals surface area contributed by atoms with E-state index in [0.29, 0.717) is 23.4 Å². The molecule has 0 unspecified atom stereocenters. The van der Waals surface area contributed by atoms with Gasteiger partial charge in [0.15, 0.2) is 18.2 Å². The number of rotatable bonds is 8. The Morgan fingerprint density at radius 1 is 1.06 bits per heavy atom. The summed E-state index contributed by atoms with van der Waals surface area (Å²) in [6, 6.07) is 14.6. The first-order chi connectivity index (χ1) is 23.3. The number of benzene rings is 2. The fraction of sp³-hybridized carbons (Fsp3) is 0.455. The Balaban J connectivity index is 0.953. The van der Waals surface area contributed by atoms with E-state index in [2.05, 4.69) is 53.6 Å². The van der Waals surface area contributed by atoms with Crippen LogP contribution in [0, 0.1) is 11.3 Å². The zero-order valence-electron chi connectivity index (χ0n) is 26.1. The van der Waals surface area contributed by atoms with Gasteiger partial charge in [-0.1, -0.05) is 0 Å². The number of alkyl halides is 2. The number of carbonyl (C=O) groups is 2. The molecule has 2 N–H and O–H groups in total. The number of nitriles is 1. The van der Waals surface area contributed by atoms with Crippen LogP contribution >= 0.6 is 0 Å². The quantitative estimate of drug-likeness (QED) is 0.367. The van der Waals surface area contributed by atoms with E-state index in [1.54, 1.807) is 18.2 Å². The van der Waals surface area contributed by atoms with Gasteiger partial charge in [-0.25, -0.2) is 18.7 Å². The zero-order valence-corrected chi connectivity index (χ0v) is 26.1. The van der Waals surface area contributed by atoms with Crippen LogP contribution in [0.15, 0.2) is 48.8 Å². The van der Waals surface area contributed by atoms with Gasteiger partial charge in [0.2, 0.25) is 11.9 Å². The molecule has 4 aliphatic heterocycles. The summed E-state index contributed by atoms with van der Waals surface area (Å²) in [7, 11) is 0. The average molecular weight is 660 g/mol. The van der Waals surface area contributed by atoms with Crippen LogP contribution in [0.2, 0.25) is 0 Å². The van der Waals surface area contributed by atoms with Crippen molar-refractivity contribution in [1.82, 2.24) is 30.1 Å². The van der Waals surface area contributed by atoms with E-state index in [-0.39, 0.29) is 37.2 Å². The van der Waals surface area contributed by atoms with Gasteiger partial charge in [0, 0.05) is 62.5 Å². The lowest BCUT2D eigenvalue weighted by atomic mass is 10.0. The molecule has 3 aromatic rings. The Hall–Kier alpha value is -4.94. The third-order valence-corrected chi connectivity index (χ3v) is 9.28. The Morgan fingerprint density at radius 2 is 1.85 bits per heavy atom. The Kier molecular flexibility index (Phi) is 9.00. The Morgan fingerprint density at radius 3 is 2.52 bits per heavy atom. The molecule has 250 valence electrons. The predicted octanol–water partition coefficient (Wildman–Crippen LogP) is 2.22. The van der Waals surface area contributed by atoms with E-state index < -0.39 is 36.3 Å². The van der Waals surface area contributed by atoms with Crippen LogP contribution in [0.3, 0.4) is 0 Å². The highest BCUT2D eigenvalue weighted by Gasteiger charge is 2.41. The fourth-order valence-electron chi connectivity index (χ4n) is 6.42. The average Bonchev–Trinajstić information content (AvgIpc) is 3.43. The Bertz CT molecular complexity index is 1700. The zero-order chi connectivity index (χ0) is 33.2. The molecule has 2 amide bonds. The van der Waals surface area contributed by atoms with E-state index in [4.69, 9.17) is 9.47 Å². The number of nitrogens with one attached hydrogen (secondary N) is 2. The van der Waals surface area contributed by atoms with Gasteiger partial charge in [0.1, 0.15) is 30.3 Å². The minimum absolute atomic E-state index is 0.162. The second kappa shape index (κ2) is 13.7. The first-order valence-corrected chi connectivity index (χ1v) is 16.1. The largest absolute Gasteiger partial charge is 0.486 e. The number of nitrogens with zero attached hydrogens (tertiary/aromatic N) is 7. The minimum Gasteiger partial charge on any atom is -0.486 e. The van der Waals surface area contributed by atoms with E-state index in [1.807, 2.05) is 12.1 Å². The van der Waals surface area contributed by atoms with Crippen LogP contribution in [-0.4, -0.2) is 120 Å². The second-order valence-corrected chi connectivity index (χ2v) is 12.4. The molecule has 0 aliphatic carbocycles. The molecule has 0 saturated carbocycles. The van der Waals surface area contributed by atoms with Crippen molar-refractivity contribution in [2.24, 2.45) is 0 Å². The molecule has 0 spiro atoms. The molecule has 4 fully saturated rings. The molecule has 1 aromatic heterocycles. The summed E-state index contributed by atoms with van der Waals surface area (Å²) >= 11 is 0. The summed E-state index contributed by atoms with van der Waals surface area (Å²) in [6.45, 7) is 5.55. The highest BCUT2D eigenvalue weighted by molar-refractivity contribution is 5.93. The molecular formula is C33H35F2N9O4. The maximum Gasteiger partial charge on any atom is 0.255 e. The lowest BCUT2D eigenvalue weighted by Crippen LogP contribution is -2.56. The lowest BCUT2D eigenvalue weighted by Gasteiger charge is -2.43. The maximum atomic E-state index is 15.2. The lowest BCUT2D eigenvalue weighted by molar-refractivity contribution is -0.138. The van der Waals surface area contributed by atoms with Crippen molar-refractivity contribution in [2.45, 2.75) is 43.4 Å². The number of hydrogen-bond donors (Lipinski definition) is 2. The van der Waals surface area contributed by atoms with E-state index in [1.165, 1.54) is 11.2 Å². The topological polar surface area (TPSA) is 149 Å². The number of amides is 2. The molecule has 48 heavy (non-hydrogen) atoms. The third kappa shape index (κ3) is 6.71. The van der Waals surface area contributed by atoms with E-state index >= 15 is 4.39 Å². The third-order valence-electron chi connectivity index (χ3n) is 9.28. The molecule has 0 radical (unpaired) electrons. The molecule has 4 aliphatic rings. The number of hydrogen-bond acceptors (Lipinski definition) is 11. The smallest absolute Gasteiger partial charge is 0.255 e. The van der Waals surface area contributed by atoms with Gasteiger partial charge in [-0.05, 0) is 42.5 Å². The van der Waals surface area contributed by atoms with Gasteiger partial charge in [-0.3, -0.25) is 14.5 Å². The summed E-state index contributed by atoms with van der Waals surface area (Å²) in [5.41, 5.74) is 2.69. The van der Waals surface area contributed by atoms with Crippen molar-refractivity contribution in [3.63, 3.8) is 0 Å². The number of ether oxygens (including phenoxy) is 2. The molecule has 4 saturated heterocycles. The van der Waals surface area contributed by atoms with Crippen molar-refractivity contribution in [3.8, 4) is 23.2 Å². The van der Waals surface area contributed by atoms with Crippen LogP contribution < -0.4 is 20.3 Å². The summed E-state index contributed by atoms with van der Waals surface area (Å²) in [6.07, 6.45) is -2.90. The molecular weight excluding hydrogens is 624 g/mol. The van der Waals surface area contributed by atoms with Gasteiger partial charge in [-0.15, -0.1) is 0 Å². The first-order valence-electron chi connectivity index (χ1n) is 16.1. The maximum absolute atomic E-state index is 15.2. The fourth-order valence-corrected chi connectivity index (χ4v) is 6.42. The molecule has 2 aromatic carbocycles. The first kappa shape index (κ1) is 31.6. The van der Waals surface area contributed by atoms with Gasteiger partial charge >= 0.3 is 0 Å². The number of likely N-dealkylation sites (tertiary alicyclic amines) is 1. The monoisotopic (exact) mass is 659 g/mol. The predicted molar refractivity (Wildman–Crippen MR) is 170 cm³/mol. The number of aromatic nitrogens is 3. The molecule has 4 atom stereocenters. The van der Waals surface area contributed by atoms with Crippen LogP contribution in [0.5, 0.6) is 5.75 Å². The standard InChI is InChI=1S/C33H35F2N9O4/c34-25-14-27(40-31(25)45)32(46)44-8-7-29(26(35)16-44)48-28-6-1-20(13-21(28)15-36)30-37-19-38-33(41-30)39-22-2-4-23(5-3-22)42-9-11-43(12-10-42)24-17-47-18-24/h1-6,13,19,24-27,29H,7-12,14,16-18H2,(H,40,45)(H,37,38,39,41)/t25-,26-,27-,29-/m0/s1. The molecule has 13 nitrogen and oxygen atoms in total. The summed E-state index contributed by atoms with van der Waals surface area (Å²) in [4.78, 5) is 43.3. The number of anilines is 3. The molecule has 5 heterocycles. The summed E-state index contributed by atoms with van der Waals surface area (Å²) in [5.74, 6) is -0.469. The summed E-state index contributed by atoms with van der Waals surface area (Å²) in [5, 5.41) is 15.4. The second-order valence-electron chi connectivity index (χ2n) is 12.4. The van der Waals surface area contributed by atoms with Gasteiger partial charge in [-0.2, -0.15) is 10.2 Å². The molecule has 7 rings (SSSR count). The highest BCUT2D eigenvalue weighted by atomic mass is 19.1. The van der Waals surface area contributed by atoms with Crippen molar-refractivity contribution in [3.05, 3.63) is 54.4 Å². The van der Waals surface area contributed by atoms with Gasteiger partial charge in [0.05, 0.1) is 31.4 Å². The SMILES string of the molecule is N#Cc1cc(-c2ncnc(Nc3ccc(N4CCN(C5COC5)CC4)cc3)n2)ccc1O[C@H]1CCN(C(=O)[C@@H]2C[C@H](F)C(=O)N2)C[C@@H]1F. The van der Waals surface area contributed by atoms with Gasteiger partial charge in [0.25, 0.3) is 5.91 Å². The number of halogens is 2. The highest BCUT2D eigenvalue weighted by Crippen LogP contribution is 2.29. The van der Waals surface area contributed by atoms with Crippen LogP contribution in [0.25, 0.3) is 11.4 Å². The normalized spacial score (nSPS) is 24.8. The number of carbonyl (C=O) groups excluding carboxylic acids is 2. The number of piperidine rings is 1. The van der Waals surface area contributed by atoms with Crippen LogP contribution in [0.4, 0.5) is 26.1 Å². The molecule has 0 bridgehead atoms. The van der Waals surface area contributed by atoms with E-state index in [9.17, 15) is 19.2 Å². The minimum atomic E-state index is -1.74. The van der Waals surface area contributed by atoms with Crippen LogP contribution in [0.1, 0.15) is 18.4 Å². The van der Waals surface area contributed by atoms with Crippen LogP contribution in [-0.2, 0) is 14.3 Å². The Labute approximate surface area is 275 Å². The van der Waals surface area contributed by atoms with Crippen molar-refractivity contribution < 1.29 is 27.8 Å². The van der Waals surface area contributed by atoms with Crippen molar-refractivity contribution in [1.29, 1.82) is 5.26 Å².